The number of hydrogen-bond donors (Lipinski definition) is 2. The molecule has 2 aromatic heterocycles. The van der Waals surface area contributed by atoms with E-state index in [1.807, 2.05) is 31.2 Å². The number of anilines is 2. The Morgan fingerprint density at radius 1 is 1.17 bits per heavy atom. The molecule has 3 rings (SSSR count). The van der Waals surface area contributed by atoms with E-state index >= 15 is 0 Å². The number of benzene rings is 1. The average molecular weight is 339 g/mol. The van der Waals surface area contributed by atoms with Gasteiger partial charge in [-0.3, -0.25) is 9.78 Å². The zero-order valence-corrected chi connectivity index (χ0v) is 13.7. The summed E-state index contributed by atoms with van der Waals surface area (Å²) >= 11 is 6.16. The molecule has 0 fully saturated rings. The number of carbonyl (C=O) groups is 1. The van der Waals surface area contributed by atoms with Crippen molar-refractivity contribution in [3.63, 3.8) is 0 Å². The molecule has 0 spiro atoms. The molecule has 0 atom stereocenters. The molecule has 3 aromatic rings. The molecule has 0 aliphatic heterocycles. The van der Waals surface area contributed by atoms with E-state index in [9.17, 15) is 4.79 Å². The Labute approximate surface area is 144 Å². The van der Waals surface area contributed by atoms with Gasteiger partial charge in [-0.25, -0.2) is 4.98 Å². The predicted molar refractivity (Wildman–Crippen MR) is 96.0 cm³/mol. The number of rotatable bonds is 3. The van der Waals surface area contributed by atoms with Gasteiger partial charge in [0.25, 0.3) is 5.91 Å². The Kier molecular flexibility index (Phi) is 4.44. The summed E-state index contributed by atoms with van der Waals surface area (Å²) in [5, 5.41) is 3.28. The standard InChI is InChI=1S/C18H15ClN4O/c1-11-4-2-6-15(19)16(11)23-18(24)14-8-13(10-22-17(14)20)12-5-3-7-21-9-12/h2-10H,1H3,(H2,20,22)(H,23,24). The first kappa shape index (κ1) is 16.0. The molecule has 0 unspecified atom stereocenters. The first-order valence-electron chi connectivity index (χ1n) is 7.28. The number of aryl methyl sites for hydroxylation is 1. The molecular formula is C18H15ClN4O. The lowest BCUT2D eigenvalue weighted by Gasteiger charge is -2.12. The molecule has 0 bridgehead atoms. The van der Waals surface area contributed by atoms with Gasteiger partial charge in [0, 0.05) is 29.7 Å². The number of pyridine rings is 2. The fraction of sp³-hybridized carbons (Fsp3) is 0.0556. The molecule has 0 aliphatic carbocycles. The maximum atomic E-state index is 12.6. The molecule has 0 saturated carbocycles. The van der Waals surface area contributed by atoms with Crippen LogP contribution in [0.15, 0.2) is 55.0 Å². The van der Waals surface area contributed by atoms with Crippen LogP contribution in [0.4, 0.5) is 11.5 Å². The summed E-state index contributed by atoms with van der Waals surface area (Å²) in [7, 11) is 0. The Bertz CT molecular complexity index is 877. The van der Waals surface area contributed by atoms with Crippen molar-refractivity contribution < 1.29 is 4.79 Å². The van der Waals surface area contributed by atoms with Crippen molar-refractivity contribution >= 4 is 29.0 Å². The molecule has 0 aliphatic rings. The van der Waals surface area contributed by atoms with E-state index in [-0.39, 0.29) is 17.3 Å². The van der Waals surface area contributed by atoms with Gasteiger partial charge in [0.05, 0.1) is 16.3 Å². The topological polar surface area (TPSA) is 80.9 Å². The molecule has 1 amide bonds. The number of halogens is 1. The highest BCUT2D eigenvalue weighted by Crippen LogP contribution is 2.27. The lowest BCUT2D eigenvalue weighted by molar-refractivity contribution is 0.102. The van der Waals surface area contributed by atoms with Gasteiger partial charge in [-0.05, 0) is 30.7 Å². The zero-order valence-electron chi connectivity index (χ0n) is 13.0. The maximum Gasteiger partial charge on any atom is 0.259 e. The SMILES string of the molecule is Cc1cccc(Cl)c1NC(=O)c1cc(-c2cccnc2)cnc1N. The van der Waals surface area contributed by atoms with Gasteiger partial charge in [-0.1, -0.05) is 29.8 Å². The maximum absolute atomic E-state index is 12.6. The van der Waals surface area contributed by atoms with Crippen molar-refractivity contribution in [3.05, 3.63) is 71.1 Å². The van der Waals surface area contributed by atoms with E-state index in [0.717, 1.165) is 16.7 Å². The summed E-state index contributed by atoms with van der Waals surface area (Å²) in [6, 6.07) is 10.8. The number of nitrogens with two attached hydrogens (primary N) is 1. The van der Waals surface area contributed by atoms with E-state index in [2.05, 4.69) is 15.3 Å². The van der Waals surface area contributed by atoms with Crippen LogP contribution in [-0.2, 0) is 0 Å². The fourth-order valence-electron chi connectivity index (χ4n) is 2.32. The lowest BCUT2D eigenvalue weighted by atomic mass is 10.1. The van der Waals surface area contributed by atoms with E-state index in [1.54, 1.807) is 30.7 Å². The van der Waals surface area contributed by atoms with Gasteiger partial charge in [0.2, 0.25) is 0 Å². The molecule has 2 heterocycles. The van der Waals surface area contributed by atoms with Crippen LogP contribution in [0.2, 0.25) is 5.02 Å². The number of aromatic nitrogens is 2. The van der Waals surface area contributed by atoms with Gasteiger partial charge < -0.3 is 11.1 Å². The largest absolute Gasteiger partial charge is 0.383 e. The second kappa shape index (κ2) is 6.68. The highest BCUT2D eigenvalue weighted by atomic mass is 35.5. The van der Waals surface area contributed by atoms with Crippen LogP contribution < -0.4 is 11.1 Å². The van der Waals surface area contributed by atoms with Crippen LogP contribution in [0.25, 0.3) is 11.1 Å². The van der Waals surface area contributed by atoms with Gasteiger partial charge in [-0.2, -0.15) is 0 Å². The van der Waals surface area contributed by atoms with Crippen molar-refractivity contribution in [1.82, 2.24) is 9.97 Å². The van der Waals surface area contributed by atoms with Crippen molar-refractivity contribution in [1.29, 1.82) is 0 Å². The highest BCUT2D eigenvalue weighted by Gasteiger charge is 2.15. The number of nitrogens with one attached hydrogen (secondary N) is 1. The van der Waals surface area contributed by atoms with Crippen molar-refractivity contribution in [2.24, 2.45) is 0 Å². The summed E-state index contributed by atoms with van der Waals surface area (Å²) in [6.07, 6.45) is 5.00. The normalized spacial score (nSPS) is 10.4. The van der Waals surface area contributed by atoms with E-state index in [0.29, 0.717) is 10.7 Å². The van der Waals surface area contributed by atoms with Gasteiger partial charge >= 0.3 is 0 Å². The number of hydrogen-bond acceptors (Lipinski definition) is 4. The van der Waals surface area contributed by atoms with Crippen LogP contribution in [-0.4, -0.2) is 15.9 Å². The zero-order chi connectivity index (χ0) is 17.1. The molecule has 1 aromatic carbocycles. The Hall–Kier alpha value is -2.92. The van der Waals surface area contributed by atoms with Crippen LogP contribution in [0.1, 0.15) is 15.9 Å². The third kappa shape index (κ3) is 3.21. The smallest absolute Gasteiger partial charge is 0.259 e. The molecule has 0 saturated heterocycles. The van der Waals surface area contributed by atoms with Gasteiger partial charge in [0.1, 0.15) is 5.82 Å². The second-order valence-electron chi connectivity index (χ2n) is 5.28. The van der Waals surface area contributed by atoms with Crippen LogP contribution in [0.3, 0.4) is 0 Å². The summed E-state index contributed by atoms with van der Waals surface area (Å²) in [5.41, 5.74) is 9.21. The molecule has 0 radical (unpaired) electrons. The van der Waals surface area contributed by atoms with Crippen LogP contribution >= 0.6 is 11.6 Å². The highest BCUT2D eigenvalue weighted by molar-refractivity contribution is 6.34. The molecular weight excluding hydrogens is 324 g/mol. The van der Waals surface area contributed by atoms with Crippen molar-refractivity contribution in [2.75, 3.05) is 11.1 Å². The van der Waals surface area contributed by atoms with Crippen molar-refractivity contribution in [2.45, 2.75) is 6.92 Å². The predicted octanol–water partition coefficient (Wildman–Crippen LogP) is 3.94. The summed E-state index contributed by atoms with van der Waals surface area (Å²) < 4.78 is 0. The van der Waals surface area contributed by atoms with E-state index in [4.69, 9.17) is 17.3 Å². The molecule has 5 nitrogen and oxygen atoms in total. The second-order valence-corrected chi connectivity index (χ2v) is 5.69. The first-order valence-corrected chi connectivity index (χ1v) is 7.66. The number of nitrogen functional groups attached to an aromatic ring is 1. The summed E-state index contributed by atoms with van der Waals surface area (Å²) in [4.78, 5) is 20.8. The minimum absolute atomic E-state index is 0.157. The number of carbonyl (C=O) groups excluding carboxylic acids is 1. The van der Waals surface area contributed by atoms with Gasteiger partial charge in [0.15, 0.2) is 0 Å². The summed E-state index contributed by atoms with van der Waals surface area (Å²) in [5.74, 6) is -0.202. The Morgan fingerprint density at radius 2 is 2.00 bits per heavy atom. The average Bonchev–Trinajstić information content (AvgIpc) is 2.59. The molecule has 3 N–H and O–H groups in total. The van der Waals surface area contributed by atoms with Crippen LogP contribution in [0.5, 0.6) is 0 Å². The first-order chi connectivity index (χ1) is 11.6. The molecule has 6 heteroatoms. The van der Waals surface area contributed by atoms with Gasteiger partial charge in [-0.15, -0.1) is 0 Å². The third-order valence-electron chi connectivity index (χ3n) is 3.62. The van der Waals surface area contributed by atoms with Crippen molar-refractivity contribution in [3.8, 4) is 11.1 Å². The Balaban J connectivity index is 1.95. The summed E-state index contributed by atoms with van der Waals surface area (Å²) in [6.45, 7) is 1.87. The third-order valence-corrected chi connectivity index (χ3v) is 3.93. The molecule has 120 valence electrons. The fourth-order valence-corrected chi connectivity index (χ4v) is 2.59. The number of amides is 1. The Morgan fingerprint density at radius 3 is 2.71 bits per heavy atom. The van der Waals surface area contributed by atoms with Crippen LogP contribution in [0, 0.1) is 6.92 Å². The van der Waals surface area contributed by atoms with E-state index in [1.165, 1.54) is 0 Å². The molecule has 24 heavy (non-hydrogen) atoms. The minimum Gasteiger partial charge on any atom is -0.383 e. The number of para-hydroxylation sites is 1. The lowest BCUT2D eigenvalue weighted by Crippen LogP contribution is -2.16. The monoisotopic (exact) mass is 338 g/mol. The minimum atomic E-state index is -0.359. The van der Waals surface area contributed by atoms with E-state index < -0.39 is 0 Å². The number of nitrogens with zero attached hydrogens (tertiary/aromatic N) is 2. The quantitative estimate of drug-likeness (QED) is 0.758.